The van der Waals surface area contributed by atoms with Gasteiger partial charge in [-0.25, -0.2) is 0 Å². The van der Waals surface area contributed by atoms with Crippen LogP contribution in [0.15, 0.2) is 89.8 Å². The van der Waals surface area contributed by atoms with E-state index in [4.69, 9.17) is 5.73 Å². The van der Waals surface area contributed by atoms with Gasteiger partial charge >= 0.3 is 0 Å². The Balaban J connectivity index is 1.67. The van der Waals surface area contributed by atoms with Crippen LogP contribution in [0.2, 0.25) is 0 Å². The van der Waals surface area contributed by atoms with Gasteiger partial charge in [0, 0.05) is 22.3 Å². The van der Waals surface area contributed by atoms with Crippen LogP contribution in [0.25, 0.3) is 10.9 Å². The fraction of sp³-hybridized carbons (Fsp3) is 0.0833. The molecule has 3 aromatic carbocycles. The van der Waals surface area contributed by atoms with Gasteiger partial charge in [0.2, 0.25) is 5.91 Å². The number of rotatable bonds is 7. The van der Waals surface area contributed by atoms with Crippen molar-refractivity contribution < 1.29 is 9.59 Å². The number of thioether (sulfide) groups is 1. The fourth-order valence-electron chi connectivity index (χ4n) is 3.37. The molecule has 0 atom stereocenters. The second kappa shape index (κ2) is 8.88. The SMILES string of the molecule is NC(=O)CSc1ccccc1NC(=O)c1cc2ccccc2n1Cc1ccccc1. The summed E-state index contributed by atoms with van der Waals surface area (Å²) in [6.45, 7) is 0.592. The number of nitrogens with zero attached hydrogens (tertiary/aromatic N) is 1. The van der Waals surface area contributed by atoms with Crippen LogP contribution in [0.4, 0.5) is 5.69 Å². The molecule has 0 bridgehead atoms. The van der Waals surface area contributed by atoms with E-state index in [-0.39, 0.29) is 11.7 Å². The summed E-state index contributed by atoms with van der Waals surface area (Å²) in [5.74, 6) is -0.445. The Hall–Kier alpha value is -3.51. The van der Waals surface area contributed by atoms with Gasteiger partial charge in [-0.15, -0.1) is 11.8 Å². The van der Waals surface area contributed by atoms with E-state index in [2.05, 4.69) is 5.32 Å². The summed E-state index contributed by atoms with van der Waals surface area (Å²) in [4.78, 5) is 25.2. The zero-order valence-corrected chi connectivity index (χ0v) is 17.1. The topological polar surface area (TPSA) is 77.1 Å². The molecule has 0 aliphatic rings. The van der Waals surface area contributed by atoms with E-state index >= 15 is 0 Å². The van der Waals surface area contributed by atoms with Gasteiger partial charge in [-0.1, -0.05) is 60.7 Å². The van der Waals surface area contributed by atoms with Crippen molar-refractivity contribution in [1.82, 2.24) is 4.57 Å². The van der Waals surface area contributed by atoms with Crippen LogP contribution in [-0.4, -0.2) is 22.1 Å². The standard InChI is InChI=1S/C24H21N3O2S/c25-23(28)16-30-22-13-7-5-11-19(22)26-24(29)21-14-18-10-4-6-12-20(18)27(21)15-17-8-2-1-3-9-17/h1-14H,15-16H2,(H2,25,28)(H,26,29). The third-order valence-electron chi connectivity index (χ3n) is 4.73. The van der Waals surface area contributed by atoms with Crippen molar-refractivity contribution in [1.29, 1.82) is 0 Å². The lowest BCUT2D eigenvalue weighted by atomic mass is 10.2. The molecular formula is C24H21N3O2S. The number of carbonyl (C=O) groups is 2. The van der Waals surface area contributed by atoms with Crippen molar-refractivity contribution in [2.75, 3.05) is 11.1 Å². The molecule has 0 fully saturated rings. The molecule has 1 heterocycles. The zero-order valence-electron chi connectivity index (χ0n) is 16.2. The molecule has 0 aliphatic carbocycles. The van der Waals surface area contributed by atoms with E-state index in [0.29, 0.717) is 17.9 Å². The molecule has 0 radical (unpaired) electrons. The largest absolute Gasteiger partial charge is 0.369 e. The van der Waals surface area contributed by atoms with E-state index in [1.807, 2.05) is 89.5 Å². The van der Waals surface area contributed by atoms with Crippen molar-refractivity contribution in [2.45, 2.75) is 11.4 Å². The number of anilines is 1. The summed E-state index contributed by atoms with van der Waals surface area (Å²) in [6, 6.07) is 27.3. The lowest BCUT2D eigenvalue weighted by Gasteiger charge is -2.13. The minimum absolute atomic E-state index is 0.154. The Morgan fingerprint density at radius 2 is 1.60 bits per heavy atom. The highest BCUT2D eigenvalue weighted by molar-refractivity contribution is 8.00. The van der Waals surface area contributed by atoms with Crippen LogP contribution in [-0.2, 0) is 11.3 Å². The summed E-state index contributed by atoms with van der Waals surface area (Å²) < 4.78 is 2.03. The van der Waals surface area contributed by atoms with Crippen LogP contribution < -0.4 is 11.1 Å². The van der Waals surface area contributed by atoms with E-state index in [1.54, 1.807) is 0 Å². The van der Waals surface area contributed by atoms with Crippen molar-refractivity contribution in [2.24, 2.45) is 5.73 Å². The third kappa shape index (κ3) is 4.39. The van der Waals surface area contributed by atoms with Gasteiger partial charge in [-0.2, -0.15) is 0 Å². The first-order valence-electron chi connectivity index (χ1n) is 9.55. The van der Waals surface area contributed by atoms with E-state index < -0.39 is 5.91 Å². The van der Waals surface area contributed by atoms with Gasteiger partial charge in [-0.05, 0) is 29.8 Å². The van der Waals surface area contributed by atoms with Crippen LogP contribution in [0, 0.1) is 0 Å². The van der Waals surface area contributed by atoms with Gasteiger partial charge in [0.05, 0.1) is 11.4 Å². The highest BCUT2D eigenvalue weighted by Crippen LogP contribution is 2.28. The Labute approximate surface area is 178 Å². The molecule has 5 nitrogen and oxygen atoms in total. The summed E-state index contributed by atoms with van der Waals surface area (Å²) in [7, 11) is 0. The number of carbonyl (C=O) groups excluding carboxylic acids is 2. The molecule has 0 aliphatic heterocycles. The maximum atomic E-state index is 13.3. The highest BCUT2D eigenvalue weighted by Gasteiger charge is 2.17. The molecular weight excluding hydrogens is 394 g/mol. The molecule has 0 saturated carbocycles. The number of para-hydroxylation sites is 2. The molecule has 0 unspecified atom stereocenters. The molecule has 150 valence electrons. The number of nitrogens with two attached hydrogens (primary N) is 1. The Bertz CT molecular complexity index is 1200. The quantitative estimate of drug-likeness (QED) is 0.436. The first-order valence-corrected chi connectivity index (χ1v) is 10.5. The van der Waals surface area contributed by atoms with E-state index in [1.165, 1.54) is 11.8 Å². The van der Waals surface area contributed by atoms with Gasteiger partial charge in [0.1, 0.15) is 5.69 Å². The summed E-state index contributed by atoms with van der Waals surface area (Å²) >= 11 is 1.31. The summed E-state index contributed by atoms with van der Waals surface area (Å²) in [5.41, 5.74) is 8.62. The number of nitrogens with one attached hydrogen (secondary N) is 1. The lowest BCUT2D eigenvalue weighted by molar-refractivity contribution is -0.115. The third-order valence-corrected chi connectivity index (χ3v) is 5.83. The van der Waals surface area contributed by atoms with E-state index in [0.717, 1.165) is 21.4 Å². The molecule has 30 heavy (non-hydrogen) atoms. The Morgan fingerprint density at radius 3 is 2.40 bits per heavy atom. The number of benzene rings is 3. The van der Waals surface area contributed by atoms with Crippen LogP contribution in [0.5, 0.6) is 0 Å². The predicted octanol–water partition coefficient (Wildman–Crippen LogP) is 4.52. The first-order chi connectivity index (χ1) is 14.6. The molecule has 6 heteroatoms. The first kappa shape index (κ1) is 19.8. The number of hydrogen-bond donors (Lipinski definition) is 2. The van der Waals surface area contributed by atoms with Crippen molar-refractivity contribution in [3.05, 3.63) is 96.2 Å². The van der Waals surface area contributed by atoms with Crippen LogP contribution >= 0.6 is 11.8 Å². The molecule has 2 amide bonds. The second-order valence-electron chi connectivity index (χ2n) is 6.87. The van der Waals surface area contributed by atoms with Gasteiger partial charge in [0.25, 0.3) is 5.91 Å². The molecule has 0 spiro atoms. The van der Waals surface area contributed by atoms with E-state index in [9.17, 15) is 9.59 Å². The van der Waals surface area contributed by atoms with Crippen LogP contribution in [0.1, 0.15) is 16.1 Å². The summed E-state index contributed by atoms with van der Waals surface area (Å²) in [5, 5.41) is 4.01. The normalized spacial score (nSPS) is 10.8. The average Bonchev–Trinajstić information content (AvgIpc) is 3.12. The molecule has 3 N–H and O–H groups in total. The van der Waals surface area contributed by atoms with Crippen LogP contribution in [0.3, 0.4) is 0 Å². The number of amides is 2. The highest BCUT2D eigenvalue weighted by atomic mass is 32.2. The Kier molecular flexibility index (Phi) is 5.86. The number of primary amides is 1. The summed E-state index contributed by atoms with van der Waals surface area (Å²) in [6.07, 6.45) is 0. The monoisotopic (exact) mass is 415 g/mol. The zero-order chi connectivity index (χ0) is 20.9. The fourth-order valence-corrected chi connectivity index (χ4v) is 4.11. The minimum Gasteiger partial charge on any atom is -0.369 e. The number of hydrogen-bond acceptors (Lipinski definition) is 3. The van der Waals surface area contributed by atoms with Crippen molar-refractivity contribution >= 4 is 40.2 Å². The van der Waals surface area contributed by atoms with Crippen molar-refractivity contribution in [3.63, 3.8) is 0 Å². The van der Waals surface area contributed by atoms with Crippen molar-refractivity contribution in [3.8, 4) is 0 Å². The molecule has 0 saturated heterocycles. The number of aromatic nitrogens is 1. The Morgan fingerprint density at radius 1 is 0.900 bits per heavy atom. The lowest BCUT2D eigenvalue weighted by Crippen LogP contribution is -2.18. The molecule has 4 aromatic rings. The smallest absolute Gasteiger partial charge is 0.272 e. The average molecular weight is 416 g/mol. The molecule has 1 aromatic heterocycles. The number of fused-ring (bicyclic) bond motifs is 1. The maximum absolute atomic E-state index is 13.3. The van der Waals surface area contributed by atoms with Gasteiger partial charge in [-0.3, -0.25) is 9.59 Å². The predicted molar refractivity (Wildman–Crippen MR) is 122 cm³/mol. The molecule has 4 rings (SSSR count). The minimum atomic E-state index is -0.399. The van der Waals surface area contributed by atoms with Gasteiger partial charge in [0.15, 0.2) is 0 Å². The second-order valence-corrected chi connectivity index (χ2v) is 7.88. The van der Waals surface area contributed by atoms with Gasteiger partial charge < -0.3 is 15.6 Å². The maximum Gasteiger partial charge on any atom is 0.272 e.